The molecule has 2 rings (SSSR count). The van der Waals surface area contributed by atoms with E-state index in [1.165, 1.54) is 12.1 Å². The fourth-order valence-electron chi connectivity index (χ4n) is 2.42. The summed E-state index contributed by atoms with van der Waals surface area (Å²) in [7, 11) is 2.03. The smallest absolute Gasteiger partial charge is 0.115 e. The molecule has 2 unspecified atom stereocenters. The molecule has 76 valence electrons. The maximum absolute atomic E-state index is 4.33. The van der Waals surface area contributed by atoms with Crippen molar-refractivity contribution in [2.75, 3.05) is 7.05 Å². The van der Waals surface area contributed by atoms with E-state index in [-0.39, 0.29) is 0 Å². The van der Waals surface area contributed by atoms with Gasteiger partial charge in [0.1, 0.15) is 6.33 Å². The van der Waals surface area contributed by atoms with E-state index in [0.717, 1.165) is 0 Å². The van der Waals surface area contributed by atoms with E-state index in [2.05, 4.69) is 29.1 Å². The SMILES string of the molecule is CNC1CC(c2ccncn2)C1(C)C. The second kappa shape index (κ2) is 3.31. The fraction of sp³-hybridized carbons (Fsp3) is 0.636. The van der Waals surface area contributed by atoms with Crippen molar-refractivity contribution < 1.29 is 0 Å². The molecule has 3 nitrogen and oxygen atoms in total. The van der Waals surface area contributed by atoms with Crippen LogP contribution in [0.4, 0.5) is 0 Å². The molecule has 0 aliphatic heterocycles. The van der Waals surface area contributed by atoms with Gasteiger partial charge in [0.05, 0.1) is 0 Å². The third kappa shape index (κ3) is 1.32. The average Bonchev–Trinajstić information content (AvgIpc) is 2.18. The topological polar surface area (TPSA) is 37.8 Å². The first-order valence-electron chi connectivity index (χ1n) is 5.09. The number of hydrogen-bond donors (Lipinski definition) is 1. The molecule has 1 fully saturated rings. The zero-order valence-corrected chi connectivity index (χ0v) is 8.99. The summed E-state index contributed by atoms with van der Waals surface area (Å²) >= 11 is 0. The van der Waals surface area contributed by atoms with Crippen molar-refractivity contribution in [2.24, 2.45) is 5.41 Å². The van der Waals surface area contributed by atoms with Crippen LogP contribution in [0.15, 0.2) is 18.6 Å². The monoisotopic (exact) mass is 191 g/mol. The average molecular weight is 191 g/mol. The van der Waals surface area contributed by atoms with Crippen LogP contribution < -0.4 is 5.32 Å². The van der Waals surface area contributed by atoms with Crippen molar-refractivity contribution in [1.29, 1.82) is 0 Å². The van der Waals surface area contributed by atoms with Crippen LogP contribution in [0.5, 0.6) is 0 Å². The molecule has 0 spiro atoms. The zero-order chi connectivity index (χ0) is 10.2. The molecule has 1 heterocycles. The van der Waals surface area contributed by atoms with E-state index < -0.39 is 0 Å². The van der Waals surface area contributed by atoms with Crippen LogP contribution >= 0.6 is 0 Å². The van der Waals surface area contributed by atoms with Gasteiger partial charge in [0.2, 0.25) is 0 Å². The molecule has 0 saturated heterocycles. The summed E-state index contributed by atoms with van der Waals surface area (Å²) in [4.78, 5) is 8.27. The lowest BCUT2D eigenvalue weighted by molar-refractivity contribution is 0.0724. The van der Waals surface area contributed by atoms with E-state index in [0.29, 0.717) is 17.4 Å². The van der Waals surface area contributed by atoms with Gasteiger partial charge in [-0.15, -0.1) is 0 Å². The third-order valence-corrected chi connectivity index (χ3v) is 3.58. The maximum atomic E-state index is 4.33. The molecule has 1 aromatic heterocycles. The highest BCUT2D eigenvalue weighted by Crippen LogP contribution is 2.51. The van der Waals surface area contributed by atoms with Gasteiger partial charge in [-0.2, -0.15) is 0 Å². The summed E-state index contributed by atoms with van der Waals surface area (Å²) in [5, 5.41) is 3.35. The van der Waals surface area contributed by atoms with Crippen LogP contribution in [0, 0.1) is 5.41 Å². The quantitative estimate of drug-likeness (QED) is 0.771. The Morgan fingerprint density at radius 3 is 2.79 bits per heavy atom. The van der Waals surface area contributed by atoms with Crippen LogP contribution in [0.1, 0.15) is 31.9 Å². The van der Waals surface area contributed by atoms with Gasteiger partial charge in [-0.3, -0.25) is 0 Å². The summed E-state index contributed by atoms with van der Waals surface area (Å²) in [6.45, 7) is 4.59. The molecule has 1 aromatic rings. The molecule has 0 amide bonds. The standard InChI is InChI=1S/C11H17N3/c1-11(2)8(6-10(11)12-3)9-4-5-13-7-14-9/h4-5,7-8,10,12H,6H2,1-3H3. The van der Waals surface area contributed by atoms with Gasteiger partial charge in [0.25, 0.3) is 0 Å². The molecule has 2 atom stereocenters. The Bertz CT molecular complexity index is 308. The Balaban J connectivity index is 2.17. The van der Waals surface area contributed by atoms with Crippen LogP contribution in [-0.4, -0.2) is 23.1 Å². The van der Waals surface area contributed by atoms with Crippen molar-refractivity contribution in [3.63, 3.8) is 0 Å². The predicted molar refractivity (Wildman–Crippen MR) is 56.0 cm³/mol. The number of nitrogens with zero attached hydrogens (tertiary/aromatic N) is 2. The van der Waals surface area contributed by atoms with Crippen molar-refractivity contribution in [3.8, 4) is 0 Å². The highest BCUT2D eigenvalue weighted by atomic mass is 14.9. The van der Waals surface area contributed by atoms with Crippen LogP contribution in [0.3, 0.4) is 0 Å². The van der Waals surface area contributed by atoms with E-state index in [9.17, 15) is 0 Å². The number of rotatable bonds is 2. The Morgan fingerprint density at radius 2 is 2.29 bits per heavy atom. The Kier molecular flexibility index (Phi) is 2.27. The lowest BCUT2D eigenvalue weighted by Gasteiger charge is -2.51. The molecule has 1 aliphatic carbocycles. The highest BCUT2D eigenvalue weighted by molar-refractivity contribution is 5.19. The van der Waals surface area contributed by atoms with Gasteiger partial charge < -0.3 is 5.32 Å². The first-order chi connectivity index (χ1) is 6.66. The van der Waals surface area contributed by atoms with Crippen molar-refractivity contribution in [3.05, 3.63) is 24.3 Å². The lowest BCUT2D eigenvalue weighted by Crippen LogP contribution is -2.54. The Hall–Kier alpha value is -0.960. The third-order valence-electron chi connectivity index (χ3n) is 3.58. The molecular formula is C11H17N3. The summed E-state index contributed by atoms with van der Waals surface area (Å²) in [5.74, 6) is 0.572. The minimum absolute atomic E-state index is 0.309. The molecule has 0 bridgehead atoms. The lowest BCUT2D eigenvalue weighted by atomic mass is 9.57. The summed E-state index contributed by atoms with van der Waals surface area (Å²) in [6.07, 6.45) is 4.64. The van der Waals surface area contributed by atoms with Crippen molar-refractivity contribution in [2.45, 2.75) is 32.2 Å². The normalized spacial score (nSPS) is 29.6. The molecule has 1 saturated carbocycles. The van der Waals surface area contributed by atoms with Gasteiger partial charge in [-0.1, -0.05) is 13.8 Å². The second-order valence-corrected chi connectivity index (χ2v) is 4.59. The van der Waals surface area contributed by atoms with Gasteiger partial charge in [-0.05, 0) is 24.9 Å². The summed E-state index contributed by atoms with van der Waals surface area (Å²) in [6, 6.07) is 2.64. The van der Waals surface area contributed by atoms with Gasteiger partial charge in [-0.25, -0.2) is 9.97 Å². The summed E-state index contributed by atoms with van der Waals surface area (Å²) < 4.78 is 0. The van der Waals surface area contributed by atoms with Crippen LogP contribution in [0.25, 0.3) is 0 Å². The largest absolute Gasteiger partial charge is 0.316 e. The summed E-state index contributed by atoms with van der Waals surface area (Å²) in [5.41, 5.74) is 1.49. The van der Waals surface area contributed by atoms with E-state index >= 15 is 0 Å². The first kappa shape index (κ1) is 9.59. The minimum atomic E-state index is 0.309. The Morgan fingerprint density at radius 1 is 1.50 bits per heavy atom. The molecular weight excluding hydrogens is 174 g/mol. The van der Waals surface area contributed by atoms with Gasteiger partial charge in [0.15, 0.2) is 0 Å². The van der Waals surface area contributed by atoms with Crippen LogP contribution in [0.2, 0.25) is 0 Å². The molecule has 1 N–H and O–H groups in total. The number of aromatic nitrogens is 2. The second-order valence-electron chi connectivity index (χ2n) is 4.59. The number of hydrogen-bond acceptors (Lipinski definition) is 3. The molecule has 0 radical (unpaired) electrons. The van der Waals surface area contributed by atoms with E-state index in [4.69, 9.17) is 0 Å². The fourth-order valence-corrected chi connectivity index (χ4v) is 2.42. The molecule has 1 aliphatic rings. The zero-order valence-electron chi connectivity index (χ0n) is 8.99. The predicted octanol–water partition coefficient (Wildman–Crippen LogP) is 1.58. The van der Waals surface area contributed by atoms with Crippen molar-refractivity contribution in [1.82, 2.24) is 15.3 Å². The minimum Gasteiger partial charge on any atom is -0.316 e. The Labute approximate surface area is 85.0 Å². The van der Waals surface area contributed by atoms with E-state index in [1.807, 2.05) is 19.3 Å². The first-order valence-corrected chi connectivity index (χ1v) is 5.09. The van der Waals surface area contributed by atoms with Crippen LogP contribution in [-0.2, 0) is 0 Å². The highest BCUT2D eigenvalue weighted by Gasteiger charge is 2.48. The number of nitrogens with one attached hydrogen (secondary N) is 1. The molecule has 3 heteroatoms. The molecule has 14 heavy (non-hydrogen) atoms. The van der Waals surface area contributed by atoms with Gasteiger partial charge in [0, 0.05) is 23.9 Å². The van der Waals surface area contributed by atoms with E-state index in [1.54, 1.807) is 6.33 Å². The maximum Gasteiger partial charge on any atom is 0.115 e. The molecule has 0 aromatic carbocycles. The van der Waals surface area contributed by atoms with Gasteiger partial charge >= 0.3 is 0 Å². The van der Waals surface area contributed by atoms with Crippen molar-refractivity contribution >= 4 is 0 Å².